The summed E-state index contributed by atoms with van der Waals surface area (Å²) in [6, 6.07) is 9.08. The van der Waals surface area contributed by atoms with Crippen molar-refractivity contribution in [1.29, 1.82) is 0 Å². The SMILES string of the molecule is Cc1cc(F)cc(N2CCCC2c2cc(C(=O)N3CCN(C)CC3)cc3ncc(C)nc23)c1. The van der Waals surface area contributed by atoms with Crippen LogP contribution < -0.4 is 4.90 Å². The van der Waals surface area contributed by atoms with Crippen molar-refractivity contribution in [2.45, 2.75) is 32.7 Å². The molecule has 33 heavy (non-hydrogen) atoms. The van der Waals surface area contributed by atoms with E-state index in [-0.39, 0.29) is 17.8 Å². The number of carbonyl (C=O) groups excluding carboxylic acids is 1. The zero-order valence-electron chi connectivity index (χ0n) is 19.5. The van der Waals surface area contributed by atoms with Gasteiger partial charge >= 0.3 is 0 Å². The van der Waals surface area contributed by atoms with Crippen LogP contribution in [0.25, 0.3) is 11.0 Å². The van der Waals surface area contributed by atoms with Gasteiger partial charge in [0.25, 0.3) is 5.91 Å². The Morgan fingerprint density at radius 1 is 1.03 bits per heavy atom. The number of likely N-dealkylation sites (N-methyl/N-ethyl adjacent to an activating group) is 1. The number of piperazine rings is 1. The number of halogens is 1. The van der Waals surface area contributed by atoms with E-state index in [2.05, 4.69) is 21.8 Å². The van der Waals surface area contributed by atoms with E-state index in [9.17, 15) is 9.18 Å². The molecule has 1 atom stereocenters. The highest BCUT2D eigenvalue weighted by Crippen LogP contribution is 2.39. The highest BCUT2D eigenvalue weighted by molar-refractivity contribution is 5.98. The van der Waals surface area contributed by atoms with Crippen LogP contribution in [-0.4, -0.2) is 65.4 Å². The van der Waals surface area contributed by atoms with E-state index in [1.54, 1.807) is 18.3 Å². The van der Waals surface area contributed by atoms with Crippen LogP contribution >= 0.6 is 0 Å². The Morgan fingerprint density at radius 3 is 2.58 bits per heavy atom. The molecular formula is C26H30FN5O. The van der Waals surface area contributed by atoms with Crippen LogP contribution in [0.2, 0.25) is 0 Å². The Labute approximate surface area is 194 Å². The second-order valence-corrected chi connectivity index (χ2v) is 9.38. The van der Waals surface area contributed by atoms with Gasteiger partial charge in [0.2, 0.25) is 0 Å². The number of rotatable bonds is 3. The van der Waals surface area contributed by atoms with Gasteiger partial charge in [0.15, 0.2) is 0 Å². The summed E-state index contributed by atoms with van der Waals surface area (Å²) < 4.78 is 14.2. The molecule has 1 unspecified atom stereocenters. The van der Waals surface area contributed by atoms with E-state index < -0.39 is 0 Å². The Kier molecular flexibility index (Phi) is 5.74. The molecule has 172 valence electrons. The predicted octanol–water partition coefficient (Wildman–Crippen LogP) is 4.11. The maximum absolute atomic E-state index is 14.2. The van der Waals surface area contributed by atoms with Crippen molar-refractivity contribution in [3.8, 4) is 0 Å². The minimum Gasteiger partial charge on any atom is -0.364 e. The van der Waals surface area contributed by atoms with E-state index in [1.807, 2.05) is 36.9 Å². The lowest BCUT2D eigenvalue weighted by Gasteiger charge is -2.33. The van der Waals surface area contributed by atoms with Crippen LogP contribution in [0.4, 0.5) is 10.1 Å². The van der Waals surface area contributed by atoms with Gasteiger partial charge in [-0.25, -0.2) is 9.37 Å². The first-order valence-electron chi connectivity index (χ1n) is 11.7. The van der Waals surface area contributed by atoms with Crippen molar-refractivity contribution < 1.29 is 9.18 Å². The van der Waals surface area contributed by atoms with E-state index >= 15 is 0 Å². The number of amides is 1. The van der Waals surface area contributed by atoms with Crippen molar-refractivity contribution in [2.24, 2.45) is 0 Å². The molecule has 2 aliphatic heterocycles. The Bertz CT molecular complexity index is 1180. The number of anilines is 1. The van der Waals surface area contributed by atoms with Crippen molar-refractivity contribution in [3.63, 3.8) is 0 Å². The third-order valence-corrected chi connectivity index (χ3v) is 6.81. The van der Waals surface area contributed by atoms with Crippen molar-refractivity contribution >= 4 is 22.6 Å². The monoisotopic (exact) mass is 447 g/mol. The summed E-state index contributed by atoms with van der Waals surface area (Å²) in [6.45, 7) is 7.88. The number of carbonyl (C=O) groups is 1. The van der Waals surface area contributed by atoms with Crippen LogP contribution in [0.1, 0.15) is 46.1 Å². The highest BCUT2D eigenvalue weighted by Gasteiger charge is 2.30. The molecule has 3 heterocycles. The van der Waals surface area contributed by atoms with Gasteiger partial charge in [0.1, 0.15) is 5.82 Å². The van der Waals surface area contributed by atoms with Gasteiger partial charge in [0.05, 0.1) is 22.8 Å². The van der Waals surface area contributed by atoms with E-state index in [1.165, 1.54) is 0 Å². The molecule has 0 saturated carbocycles. The molecule has 1 amide bonds. The summed E-state index contributed by atoms with van der Waals surface area (Å²) >= 11 is 0. The maximum Gasteiger partial charge on any atom is 0.254 e. The second-order valence-electron chi connectivity index (χ2n) is 9.38. The van der Waals surface area contributed by atoms with Gasteiger partial charge in [0, 0.05) is 55.7 Å². The molecule has 0 N–H and O–H groups in total. The molecule has 2 fully saturated rings. The van der Waals surface area contributed by atoms with Gasteiger partial charge < -0.3 is 14.7 Å². The summed E-state index contributed by atoms with van der Waals surface area (Å²) in [5.41, 5.74) is 5.83. The molecule has 2 aliphatic rings. The molecule has 3 aromatic rings. The van der Waals surface area contributed by atoms with Gasteiger partial charge in [-0.05, 0) is 69.6 Å². The Morgan fingerprint density at radius 2 is 1.82 bits per heavy atom. The van der Waals surface area contributed by atoms with Crippen molar-refractivity contribution in [2.75, 3.05) is 44.7 Å². The summed E-state index contributed by atoms with van der Waals surface area (Å²) in [4.78, 5) is 29.3. The van der Waals surface area contributed by atoms with Crippen LogP contribution in [-0.2, 0) is 0 Å². The average Bonchev–Trinajstić information content (AvgIpc) is 3.27. The largest absolute Gasteiger partial charge is 0.364 e. The molecule has 2 aromatic carbocycles. The maximum atomic E-state index is 14.2. The summed E-state index contributed by atoms with van der Waals surface area (Å²) in [7, 11) is 2.08. The molecule has 0 radical (unpaired) electrons. The molecule has 1 aromatic heterocycles. The number of nitrogens with zero attached hydrogens (tertiary/aromatic N) is 5. The third-order valence-electron chi connectivity index (χ3n) is 6.81. The van der Waals surface area contributed by atoms with E-state index in [0.717, 1.165) is 79.1 Å². The zero-order valence-corrected chi connectivity index (χ0v) is 19.5. The molecule has 0 aliphatic carbocycles. The predicted molar refractivity (Wildman–Crippen MR) is 128 cm³/mol. The average molecular weight is 448 g/mol. The highest BCUT2D eigenvalue weighted by atomic mass is 19.1. The Hall–Kier alpha value is -3.06. The first-order valence-corrected chi connectivity index (χ1v) is 11.7. The van der Waals surface area contributed by atoms with Crippen molar-refractivity contribution in [1.82, 2.24) is 19.8 Å². The number of benzene rings is 2. The van der Waals surface area contributed by atoms with Gasteiger partial charge in [-0.15, -0.1) is 0 Å². The van der Waals surface area contributed by atoms with Crippen LogP contribution in [0.5, 0.6) is 0 Å². The van der Waals surface area contributed by atoms with Crippen LogP contribution in [0.15, 0.2) is 36.5 Å². The molecule has 0 bridgehead atoms. The minimum absolute atomic E-state index is 0.0186. The molecular weight excluding hydrogens is 417 g/mol. The van der Waals surface area contributed by atoms with E-state index in [4.69, 9.17) is 4.98 Å². The fourth-order valence-corrected chi connectivity index (χ4v) is 5.08. The first-order chi connectivity index (χ1) is 15.9. The number of aryl methyl sites for hydroxylation is 2. The number of fused-ring (bicyclic) bond motifs is 1. The lowest BCUT2D eigenvalue weighted by Crippen LogP contribution is -2.47. The van der Waals surface area contributed by atoms with Crippen LogP contribution in [0.3, 0.4) is 0 Å². The van der Waals surface area contributed by atoms with Crippen LogP contribution in [0, 0.1) is 19.7 Å². The zero-order chi connectivity index (χ0) is 23.1. The Balaban J connectivity index is 1.58. The van der Waals surface area contributed by atoms with Gasteiger partial charge in [-0.3, -0.25) is 9.78 Å². The topological polar surface area (TPSA) is 52.6 Å². The molecule has 5 rings (SSSR count). The quantitative estimate of drug-likeness (QED) is 0.605. The van der Waals surface area contributed by atoms with E-state index in [0.29, 0.717) is 5.56 Å². The second kappa shape index (κ2) is 8.71. The standard InChI is InChI=1S/C26H30FN5O/c1-17-11-20(27)15-21(12-17)32-6-4-5-24(32)22-13-19(14-23-25(22)29-18(2)16-28-23)26(33)31-9-7-30(3)8-10-31/h11-16,24H,4-10H2,1-3H3. The fraction of sp³-hybridized carbons (Fsp3) is 0.423. The molecule has 7 heteroatoms. The number of hydrogen-bond acceptors (Lipinski definition) is 5. The van der Waals surface area contributed by atoms with Crippen molar-refractivity contribution in [3.05, 3.63) is 64.7 Å². The summed E-state index contributed by atoms with van der Waals surface area (Å²) in [6.07, 6.45) is 3.67. The molecule has 2 saturated heterocycles. The number of aromatic nitrogens is 2. The summed E-state index contributed by atoms with van der Waals surface area (Å²) in [5, 5.41) is 0. The minimum atomic E-state index is -0.227. The fourth-order valence-electron chi connectivity index (χ4n) is 5.08. The molecule has 6 nitrogen and oxygen atoms in total. The van der Waals surface area contributed by atoms with Gasteiger partial charge in [-0.1, -0.05) is 0 Å². The molecule has 0 spiro atoms. The van der Waals surface area contributed by atoms with Gasteiger partial charge in [-0.2, -0.15) is 0 Å². The normalized spacial score (nSPS) is 19.5. The lowest BCUT2D eigenvalue weighted by molar-refractivity contribution is 0.0664. The smallest absolute Gasteiger partial charge is 0.254 e. The third kappa shape index (κ3) is 4.29. The number of hydrogen-bond donors (Lipinski definition) is 0. The first kappa shape index (κ1) is 21.8. The summed E-state index contributed by atoms with van der Waals surface area (Å²) in [5.74, 6) is -0.185. The lowest BCUT2D eigenvalue weighted by atomic mass is 9.98.